The maximum Gasteiger partial charge on any atom is 0.244 e. The number of carbonyl (C=O) groups excluding carboxylic acids is 2. The number of carbonyl (C=O) groups is 2. The Morgan fingerprint density at radius 3 is 2.21 bits per heavy atom. The van der Waals surface area contributed by atoms with E-state index in [1.54, 1.807) is 6.08 Å². The van der Waals surface area contributed by atoms with E-state index in [0.29, 0.717) is 6.54 Å². The number of hydrogen-bond acceptors (Lipinski definition) is 2. The lowest BCUT2D eigenvalue weighted by Gasteiger charge is -2.18. The zero-order valence-corrected chi connectivity index (χ0v) is 16.8. The summed E-state index contributed by atoms with van der Waals surface area (Å²) in [4.78, 5) is 23.8. The molecule has 28 heavy (non-hydrogen) atoms. The van der Waals surface area contributed by atoms with Crippen molar-refractivity contribution in [2.45, 2.75) is 45.6 Å². The van der Waals surface area contributed by atoms with Crippen LogP contribution in [-0.2, 0) is 21.5 Å². The third kappa shape index (κ3) is 5.81. The summed E-state index contributed by atoms with van der Waals surface area (Å²) in [5.41, 5.74) is 4.17. The van der Waals surface area contributed by atoms with Crippen LogP contribution >= 0.6 is 0 Å². The maximum absolute atomic E-state index is 12.1. The Labute approximate surface area is 167 Å². The molecule has 146 valence electrons. The Morgan fingerprint density at radius 2 is 1.64 bits per heavy atom. The van der Waals surface area contributed by atoms with Crippen LogP contribution in [0.2, 0.25) is 0 Å². The first kappa shape index (κ1) is 19.9. The Hall–Kier alpha value is -2.88. The van der Waals surface area contributed by atoms with Crippen molar-refractivity contribution in [3.05, 3.63) is 71.3 Å². The summed E-state index contributed by atoms with van der Waals surface area (Å²) in [6.45, 7) is 6.99. The number of benzene rings is 2. The van der Waals surface area contributed by atoms with Gasteiger partial charge in [0.15, 0.2) is 0 Å². The van der Waals surface area contributed by atoms with Gasteiger partial charge in [0, 0.05) is 24.2 Å². The topological polar surface area (TPSA) is 58.2 Å². The van der Waals surface area contributed by atoms with Crippen LogP contribution < -0.4 is 10.6 Å². The highest BCUT2D eigenvalue weighted by molar-refractivity contribution is 5.94. The summed E-state index contributed by atoms with van der Waals surface area (Å²) >= 11 is 0. The van der Waals surface area contributed by atoms with E-state index < -0.39 is 0 Å². The lowest BCUT2D eigenvalue weighted by atomic mass is 9.87. The second-order valence-electron chi connectivity index (χ2n) is 8.38. The molecular formula is C24H28N2O2. The first-order valence-electron chi connectivity index (χ1n) is 9.77. The molecule has 2 aromatic carbocycles. The molecule has 0 radical (unpaired) electrons. The van der Waals surface area contributed by atoms with Crippen molar-refractivity contribution in [2.24, 2.45) is 5.92 Å². The van der Waals surface area contributed by atoms with E-state index in [9.17, 15) is 9.59 Å². The van der Waals surface area contributed by atoms with E-state index >= 15 is 0 Å². The van der Waals surface area contributed by atoms with Gasteiger partial charge in [-0.25, -0.2) is 0 Å². The second-order valence-corrected chi connectivity index (χ2v) is 8.38. The standard InChI is InChI=1S/C24H28N2O2/c1-24(2,3)20-11-4-17(5-12-20)8-15-22(27)25-16-18-6-13-21(14-7-18)26-23(28)19-9-10-19/h4-8,11-15,19H,9-10,16H2,1-3H3,(H,25,27)(H,26,28). The quantitative estimate of drug-likeness (QED) is 0.720. The highest BCUT2D eigenvalue weighted by Gasteiger charge is 2.29. The van der Waals surface area contributed by atoms with E-state index in [4.69, 9.17) is 0 Å². The zero-order chi connectivity index (χ0) is 20.1. The molecule has 1 aliphatic rings. The van der Waals surface area contributed by atoms with Crippen LogP contribution in [0, 0.1) is 5.92 Å². The lowest BCUT2D eigenvalue weighted by molar-refractivity contribution is -0.117. The number of anilines is 1. The molecule has 3 rings (SSSR count). The molecule has 2 N–H and O–H groups in total. The molecule has 0 spiro atoms. The van der Waals surface area contributed by atoms with Crippen molar-refractivity contribution in [2.75, 3.05) is 5.32 Å². The molecule has 0 bridgehead atoms. The lowest BCUT2D eigenvalue weighted by Crippen LogP contribution is -2.20. The average molecular weight is 377 g/mol. The van der Waals surface area contributed by atoms with E-state index in [1.807, 2.05) is 42.5 Å². The summed E-state index contributed by atoms with van der Waals surface area (Å²) in [6, 6.07) is 15.8. The maximum atomic E-state index is 12.1. The number of hydrogen-bond donors (Lipinski definition) is 2. The van der Waals surface area contributed by atoms with Gasteiger partial charge in [0.05, 0.1) is 0 Å². The minimum atomic E-state index is -0.133. The van der Waals surface area contributed by atoms with Gasteiger partial charge in [-0.3, -0.25) is 9.59 Å². The van der Waals surface area contributed by atoms with Crippen LogP contribution in [0.4, 0.5) is 5.69 Å². The smallest absolute Gasteiger partial charge is 0.244 e. The molecule has 2 amide bonds. The van der Waals surface area contributed by atoms with Crippen molar-refractivity contribution in [1.29, 1.82) is 0 Å². The van der Waals surface area contributed by atoms with Gasteiger partial charge in [-0.1, -0.05) is 57.2 Å². The van der Waals surface area contributed by atoms with Crippen molar-refractivity contribution in [1.82, 2.24) is 5.32 Å². The summed E-state index contributed by atoms with van der Waals surface area (Å²) in [7, 11) is 0. The number of amides is 2. The molecule has 1 fully saturated rings. The molecule has 0 aliphatic heterocycles. The largest absolute Gasteiger partial charge is 0.348 e. The molecule has 4 nitrogen and oxygen atoms in total. The van der Waals surface area contributed by atoms with E-state index in [1.165, 1.54) is 5.56 Å². The van der Waals surface area contributed by atoms with Gasteiger partial charge in [-0.05, 0) is 53.2 Å². The molecule has 0 atom stereocenters. The van der Waals surface area contributed by atoms with Gasteiger partial charge in [0.1, 0.15) is 0 Å². The minimum absolute atomic E-state index is 0.0988. The SMILES string of the molecule is CC(C)(C)c1ccc(C=CC(=O)NCc2ccc(NC(=O)C3CC3)cc2)cc1. The van der Waals surface area contributed by atoms with Crippen LogP contribution in [0.1, 0.15) is 50.3 Å². The summed E-state index contributed by atoms with van der Waals surface area (Å²) < 4.78 is 0. The first-order chi connectivity index (χ1) is 13.3. The molecule has 0 saturated heterocycles. The molecule has 0 heterocycles. The fourth-order valence-electron chi connectivity index (χ4n) is 2.81. The van der Waals surface area contributed by atoms with Gasteiger partial charge in [0.25, 0.3) is 0 Å². The van der Waals surface area contributed by atoms with Gasteiger partial charge < -0.3 is 10.6 Å². The van der Waals surface area contributed by atoms with Crippen LogP contribution in [0.25, 0.3) is 6.08 Å². The Bertz CT molecular complexity index is 855. The molecule has 0 unspecified atom stereocenters. The molecule has 4 heteroatoms. The van der Waals surface area contributed by atoms with E-state index in [-0.39, 0.29) is 23.1 Å². The predicted molar refractivity (Wildman–Crippen MR) is 114 cm³/mol. The van der Waals surface area contributed by atoms with Gasteiger partial charge in [-0.2, -0.15) is 0 Å². The van der Waals surface area contributed by atoms with Gasteiger partial charge >= 0.3 is 0 Å². The molecule has 1 aliphatic carbocycles. The molecule has 0 aromatic heterocycles. The highest BCUT2D eigenvalue weighted by atomic mass is 16.2. The molecule has 1 saturated carbocycles. The van der Waals surface area contributed by atoms with Gasteiger partial charge in [-0.15, -0.1) is 0 Å². The third-order valence-electron chi connectivity index (χ3n) is 4.84. The fraction of sp³-hybridized carbons (Fsp3) is 0.333. The monoisotopic (exact) mass is 376 g/mol. The van der Waals surface area contributed by atoms with E-state index in [0.717, 1.165) is 29.7 Å². The van der Waals surface area contributed by atoms with Gasteiger partial charge in [0.2, 0.25) is 11.8 Å². The number of nitrogens with one attached hydrogen (secondary N) is 2. The first-order valence-corrected chi connectivity index (χ1v) is 9.77. The summed E-state index contributed by atoms with van der Waals surface area (Å²) in [5, 5.41) is 5.79. The fourth-order valence-corrected chi connectivity index (χ4v) is 2.81. The molecular weight excluding hydrogens is 348 g/mol. The minimum Gasteiger partial charge on any atom is -0.348 e. The predicted octanol–water partition coefficient (Wildman–Crippen LogP) is 4.66. The second kappa shape index (κ2) is 8.42. The molecule has 2 aromatic rings. The number of rotatable bonds is 6. The Balaban J connectivity index is 1.47. The van der Waals surface area contributed by atoms with Crippen molar-refractivity contribution >= 4 is 23.6 Å². The van der Waals surface area contributed by atoms with Crippen molar-refractivity contribution in [3.8, 4) is 0 Å². The third-order valence-corrected chi connectivity index (χ3v) is 4.84. The van der Waals surface area contributed by atoms with E-state index in [2.05, 4.69) is 43.5 Å². The van der Waals surface area contributed by atoms with Crippen LogP contribution in [-0.4, -0.2) is 11.8 Å². The van der Waals surface area contributed by atoms with Crippen LogP contribution in [0.15, 0.2) is 54.6 Å². The van der Waals surface area contributed by atoms with Crippen molar-refractivity contribution < 1.29 is 9.59 Å². The Morgan fingerprint density at radius 1 is 1.00 bits per heavy atom. The highest BCUT2D eigenvalue weighted by Crippen LogP contribution is 2.30. The average Bonchev–Trinajstić information content (AvgIpc) is 3.51. The van der Waals surface area contributed by atoms with Crippen molar-refractivity contribution in [3.63, 3.8) is 0 Å². The summed E-state index contributed by atoms with van der Waals surface area (Å²) in [5.74, 6) is 0.156. The zero-order valence-electron chi connectivity index (χ0n) is 16.8. The van der Waals surface area contributed by atoms with Crippen LogP contribution in [0.3, 0.4) is 0 Å². The van der Waals surface area contributed by atoms with Crippen LogP contribution in [0.5, 0.6) is 0 Å². The Kier molecular flexibility index (Phi) is 5.98. The summed E-state index contributed by atoms with van der Waals surface area (Å²) in [6.07, 6.45) is 5.35. The normalized spacial score (nSPS) is 14.1.